The number of amides is 2. The second-order valence-electron chi connectivity index (χ2n) is 8.67. The number of sulfonamides is 1. The van der Waals surface area contributed by atoms with Gasteiger partial charge in [-0.15, -0.1) is 0 Å². The molecule has 0 fully saturated rings. The third-order valence-corrected chi connectivity index (χ3v) is 6.31. The summed E-state index contributed by atoms with van der Waals surface area (Å²) in [6.07, 6.45) is -3.88. The van der Waals surface area contributed by atoms with Crippen LogP contribution < -0.4 is 9.62 Å². The highest BCUT2D eigenvalue weighted by Crippen LogP contribution is 2.32. The molecule has 0 bridgehead atoms. The van der Waals surface area contributed by atoms with Crippen molar-refractivity contribution in [3.8, 4) is 0 Å². The number of carbonyl (C=O) groups excluding carboxylic acids is 2. The van der Waals surface area contributed by atoms with E-state index < -0.39 is 46.2 Å². The largest absolute Gasteiger partial charge is 0.416 e. The monoisotopic (exact) mass is 513 g/mol. The van der Waals surface area contributed by atoms with Gasteiger partial charge in [0.15, 0.2) is 0 Å². The smallest absolute Gasteiger partial charge is 0.352 e. The number of hydrogen-bond acceptors (Lipinski definition) is 4. The van der Waals surface area contributed by atoms with Crippen molar-refractivity contribution in [2.45, 2.75) is 52.5 Å². The van der Waals surface area contributed by atoms with Gasteiger partial charge in [0.2, 0.25) is 21.8 Å². The number of halogens is 3. The van der Waals surface area contributed by atoms with Crippen molar-refractivity contribution < 1.29 is 31.2 Å². The number of hydrogen-bond donors (Lipinski definition) is 1. The van der Waals surface area contributed by atoms with Crippen molar-refractivity contribution >= 4 is 27.5 Å². The quantitative estimate of drug-likeness (QED) is 0.554. The summed E-state index contributed by atoms with van der Waals surface area (Å²) in [5, 5.41) is 2.72. The van der Waals surface area contributed by atoms with Crippen LogP contribution in [0.25, 0.3) is 0 Å². The second kappa shape index (κ2) is 11.1. The van der Waals surface area contributed by atoms with Gasteiger partial charge in [-0.1, -0.05) is 35.9 Å². The van der Waals surface area contributed by atoms with Crippen molar-refractivity contribution in [1.29, 1.82) is 0 Å². The Morgan fingerprint density at radius 1 is 1.03 bits per heavy atom. The maximum Gasteiger partial charge on any atom is 0.416 e. The lowest BCUT2D eigenvalue weighted by molar-refractivity contribution is -0.139. The lowest BCUT2D eigenvalue weighted by Crippen LogP contribution is -2.52. The van der Waals surface area contributed by atoms with E-state index in [1.807, 2.05) is 19.1 Å². The molecular formula is C24H30F3N3O4S. The van der Waals surface area contributed by atoms with Crippen LogP contribution in [0.4, 0.5) is 18.9 Å². The summed E-state index contributed by atoms with van der Waals surface area (Å²) < 4.78 is 65.2. The van der Waals surface area contributed by atoms with Crippen molar-refractivity contribution in [3.05, 3.63) is 65.2 Å². The first-order chi connectivity index (χ1) is 16.1. The minimum Gasteiger partial charge on any atom is -0.352 e. The molecule has 0 aliphatic heterocycles. The highest BCUT2D eigenvalue weighted by molar-refractivity contribution is 7.92. The van der Waals surface area contributed by atoms with Crippen LogP contribution in [0, 0.1) is 6.92 Å². The molecule has 2 rings (SSSR count). The molecule has 0 aromatic heterocycles. The molecule has 0 aliphatic rings. The molecule has 0 radical (unpaired) electrons. The van der Waals surface area contributed by atoms with Gasteiger partial charge in [0.1, 0.15) is 12.6 Å². The molecule has 0 unspecified atom stereocenters. The third kappa shape index (κ3) is 7.98. The normalized spacial score (nSPS) is 12.8. The fourth-order valence-electron chi connectivity index (χ4n) is 3.45. The van der Waals surface area contributed by atoms with Gasteiger partial charge in [-0.05, 0) is 51.5 Å². The summed E-state index contributed by atoms with van der Waals surface area (Å²) in [5.41, 5.74) is 0.297. The molecule has 7 nitrogen and oxygen atoms in total. The predicted octanol–water partition coefficient (Wildman–Crippen LogP) is 3.72. The van der Waals surface area contributed by atoms with Crippen LogP contribution >= 0.6 is 0 Å². The van der Waals surface area contributed by atoms with E-state index in [2.05, 4.69) is 5.32 Å². The Kier molecular flexibility index (Phi) is 8.94. The van der Waals surface area contributed by atoms with Crippen LogP contribution in [-0.4, -0.2) is 50.0 Å². The molecule has 2 aromatic carbocycles. The minimum absolute atomic E-state index is 0.00733. The van der Waals surface area contributed by atoms with E-state index >= 15 is 0 Å². The van der Waals surface area contributed by atoms with E-state index in [-0.39, 0.29) is 18.3 Å². The van der Waals surface area contributed by atoms with Gasteiger partial charge in [-0.3, -0.25) is 13.9 Å². The summed E-state index contributed by atoms with van der Waals surface area (Å²) in [4.78, 5) is 27.3. The van der Waals surface area contributed by atoms with Gasteiger partial charge in [0.05, 0.1) is 17.5 Å². The molecule has 2 amide bonds. The van der Waals surface area contributed by atoms with Gasteiger partial charge in [0, 0.05) is 12.6 Å². The summed E-state index contributed by atoms with van der Waals surface area (Å²) >= 11 is 0. The number of anilines is 1. The molecule has 11 heteroatoms. The summed E-state index contributed by atoms with van der Waals surface area (Å²) in [5.74, 6) is -1.17. The lowest BCUT2D eigenvalue weighted by atomic mass is 10.1. The Labute approximate surface area is 204 Å². The number of benzene rings is 2. The zero-order valence-corrected chi connectivity index (χ0v) is 21.1. The number of nitrogens with zero attached hydrogens (tertiary/aromatic N) is 2. The SMILES string of the molecule is Cc1cccc(CN(C(=O)CN(c2cccc(C(F)(F)F)c2)S(C)(=O)=O)[C@H](C)C(=O)NC(C)C)c1. The standard InChI is InChI=1S/C24H30F3N3O4S/c1-16(2)28-23(32)18(4)29(14-19-9-6-8-17(3)12-19)22(31)15-30(35(5,33)34)21-11-7-10-20(13-21)24(25,26)27/h6-13,16,18H,14-15H2,1-5H3,(H,28,32)/t18-/m1/s1. The molecule has 1 atom stereocenters. The molecule has 1 N–H and O–H groups in total. The van der Waals surface area contributed by atoms with Crippen molar-refractivity contribution in [3.63, 3.8) is 0 Å². The minimum atomic E-state index is -4.69. The Bertz CT molecular complexity index is 1170. The maximum atomic E-state index is 13.4. The summed E-state index contributed by atoms with van der Waals surface area (Å²) in [6, 6.07) is 9.83. The number of carbonyl (C=O) groups is 2. The van der Waals surface area contributed by atoms with Gasteiger partial charge in [0.25, 0.3) is 0 Å². The van der Waals surface area contributed by atoms with E-state index in [1.54, 1.807) is 26.0 Å². The zero-order chi connectivity index (χ0) is 26.6. The van der Waals surface area contributed by atoms with Crippen molar-refractivity contribution in [2.75, 3.05) is 17.1 Å². The summed E-state index contributed by atoms with van der Waals surface area (Å²) in [7, 11) is -4.14. The van der Waals surface area contributed by atoms with Crippen LogP contribution in [0.3, 0.4) is 0 Å². The Morgan fingerprint density at radius 2 is 1.66 bits per heavy atom. The van der Waals surface area contributed by atoms with Gasteiger partial charge >= 0.3 is 6.18 Å². The topological polar surface area (TPSA) is 86.8 Å². The number of aryl methyl sites for hydroxylation is 1. The lowest BCUT2D eigenvalue weighted by Gasteiger charge is -2.32. The Balaban J connectivity index is 2.45. The van der Waals surface area contributed by atoms with Crippen molar-refractivity contribution in [1.82, 2.24) is 10.2 Å². The van der Waals surface area contributed by atoms with E-state index in [9.17, 15) is 31.2 Å². The molecule has 0 saturated carbocycles. The second-order valence-corrected chi connectivity index (χ2v) is 10.6. The highest BCUT2D eigenvalue weighted by Gasteiger charge is 2.33. The van der Waals surface area contributed by atoms with E-state index in [1.165, 1.54) is 17.9 Å². The number of nitrogens with one attached hydrogen (secondary N) is 1. The number of alkyl halides is 3. The van der Waals surface area contributed by atoms with Crippen LogP contribution in [0.15, 0.2) is 48.5 Å². The highest BCUT2D eigenvalue weighted by atomic mass is 32.2. The molecular weight excluding hydrogens is 483 g/mol. The molecule has 35 heavy (non-hydrogen) atoms. The summed E-state index contributed by atoms with van der Waals surface area (Å²) in [6.45, 7) is 6.13. The Hall–Kier alpha value is -3.08. The van der Waals surface area contributed by atoms with Crippen LogP contribution in [0.5, 0.6) is 0 Å². The fraction of sp³-hybridized carbons (Fsp3) is 0.417. The average Bonchev–Trinajstić information content (AvgIpc) is 2.73. The predicted molar refractivity (Wildman–Crippen MR) is 128 cm³/mol. The van der Waals surface area contributed by atoms with Crippen molar-refractivity contribution in [2.24, 2.45) is 0 Å². The molecule has 0 aliphatic carbocycles. The first-order valence-corrected chi connectivity index (χ1v) is 12.7. The first kappa shape index (κ1) is 28.2. The van der Waals surface area contributed by atoms with Crippen LogP contribution in [0.2, 0.25) is 0 Å². The van der Waals surface area contributed by atoms with Gasteiger partial charge in [-0.25, -0.2) is 8.42 Å². The molecule has 0 saturated heterocycles. The average molecular weight is 514 g/mol. The molecule has 0 spiro atoms. The van der Waals surface area contributed by atoms with E-state index in [4.69, 9.17) is 0 Å². The molecule has 192 valence electrons. The van der Waals surface area contributed by atoms with Gasteiger partial charge in [-0.2, -0.15) is 13.2 Å². The van der Waals surface area contributed by atoms with E-state index in [0.717, 1.165) is 24.0 Å². The number of rotatable bonds is 9. The molecule has 2 aromatic rings. The van der Waals surface area contributed by atoms with Crippen LogP contribution in [0.1, 0.15) is 37.5 Å². The van der Waals surface area contributed by atoms with Gasteiger partial charge < -0.3 is 10.2 Å². The van der Waals surface area contributed by atoms with E-state index in [0.29, 0.717) is 15.9 Å². The first-order valence-electron chi connectivity index (χ1n) is 10.9. The Morgan fingerprint density at radius 3 is 2.20 bits per heavy atom. The molecule has 0 heterocycles. The third-order valence-electron chi connectivity index (χ3n) is 5.17. The maximum absolute atomic E-state index is 13.4. The fourth-order valence-corrected chi connectivity index (χ4v) is 4.29. The zero-order valence-electron chi connectivity index (χ0n) is 20.3. The van der Waals surface area contributed by atoms with Crippen LogP contribution in [-0.2, 0) is 32.3 Å².